The second-order valence-corrected chi connectivity index (χ2v) is 7.80. The first-order valence-electron chi connectivity index (χ1n) is 9.28. The Morgan fingerprint density at radius 3 is 2.59 bits per heavy atom. The zero-order chi connectivity index (χ0) is 20.9. The predicted molar refractivity (Wildman–Crippen MR) is 128 cm³/mol. The molecule has 3 amide bonds. The third-order valence-corrected chi connectivity index (χ3v) is 5.47. The molecule has 29 heavy (non-hydrogen) atoms. The molecule has 0 aromatic heterocycles. The highest BCUT2D eigenvalue weighted by Crippen LogP contribution is 2.26. The molecule has 0 spiro atoms. The van der Waals surface area contributed by atoms with Crippen LogP contribution in [-0.2, 0) is 4.79 Å². The van der Waals surface area contributed by atoms with Crippen molar-refractivity contribution in [3.05, 3.63) is 33.8 Å². The molecule has 0 aliphatic carbocycles. The number of carbonyl (C=O) groups excluding carboxylic acids is 2. The van der Waals surface area contributed by atoms with Gasteiger partial charge in [-0.05, 0) is 44.4 Å². The number of nitrogens with zero attached hydrogens (tertiary/aromatic N) is 2. The molecule has 2 rings (SSSR count). The van der Waals surface area contributed by atoms with E-state index in [9.17, 15) is 9.59 Å². The van der Waals surface area contributed by atoms with Gasteiger partial charge in [-0.15, -0.1) is 24.0 Å². The number of benzene rings is 1. The molecule has 2 unspecified atom stereocenters. The van der Waals surface area contributed by atoms with Crippen LogP contribution in [0.15, 0.2) is 23.2 Å². The van der Waals surface area contributed by atoms with Crippen molar-refractivity contribution in [2.45, 2.75) is 45.2 Å². The normalized spacial score (nSPS) is 20.2. The molecule has 1 saturated heterocycles. The maximum absolute atomic E-state index is 12.4. The quantitative estimate of drug-likeness (QED) is 0.156. The fourth-order valence-electron chi connectivity index (χ4n) is 2.96. The summed E-state index contributed by atoms with van der Waals surface area (Å²) in [5.74, 6) is 0.433. The molecule has 1 aliphatic heterocycles. The lowest BCUT2D eigenvalue weighted by Gasteiger charge is -2.20. The third kappa shape index (κ3) is 6.36. The topological polar surface area (TPSA) is 85.8 Å². The van der Waals surface area contributed by atoms with Crippen molar-refractivity contribution < 1.29 is 9.59 Å². The molecule has 7 nitrogen and oxygen atoms in total. The molecular weight excluding hydrogens is 528 g/mol. The lowest BCUT2D eigenvalue weighted by Crippen LogP contribution is -2.43. The second-order valence-electron chi connectivity index (χ2n) is 6.96. The van der Waals surface area contributed by atoms with Crippen molar-refractivity contribution >= 4 is 65.1 Å². The number of imide groups is 1. The SMILES string of the molecule is CCC1(C)NC(=O)N(CCCNC(=NC)NC(C)c2ccc(Cl)cc2Cl)C1=O.I. The Labute approximate surface area is 199 Å². The van der Waals surface area contributed by atoms with E-state index in [0.717, 1.165) is 5.56 Å². The molecule has 1 fully saturated rings. The van der Waals surface area contributed by atoms with E-state index in [1.165, 1.54) is 4.90 Å². The van der Waals surface area contributed by atoms with Crippen molar-refractivity contribution in [3.8, 4) is 0 Å². The first-order valence-corrected chi connectivity index (χ1v) is 10.0. The molecule has 0 radical (unpaired) electrons. The summed E-state index contributed by atoms with van der Waals surface area (Å²) in [7, 11) is 1.68. The summed E-state index contributed by atoms with van der Waals surface area (Å²) in [4.78, 5) is 29.9. The Morgan fingerprint density at radius 1 is 1.34 bits per heavy atom. The standard InChI is InChI=1S/C19H27Cl2N5O2.HI/c1-5-19(3)16(27)26(18(28)25-19)10-6-9-23-17(22-4)24-12(2)14-8-7-13(20)11-15(14)21;/h7-8,11-12H,5-6,9-10H2,1-4H3,(H,25,28)(H2,22,23,24);1H. The Kier molecular flexibility index (Phi) is 9.97. The van der Waals surface area contributed by atoms with Crippen LogP contribution in [0.2, 0.25) is 10.0 Å². The van der Waals surface area contributed by atoms with Gasteiger partial charge in [0.15, 0.2) is 5.96 Å². The first-order chi connectivity index (χ1) is 13.2. The van der Waals surface area contributed by atoms with E-state index >= 15 is 0 Å². The molecule has 1 aliphatic rings. The number of hydrogen-bond donors (Lipinski definition) is 3. The van der Waals surface area contributed by atoms with Crippen LogP contribution in [0, 0.1) is 0 Å². The minimum absolute atomic E-state index is 0. The van der Waals surface area contributed by atoms with Crippen molar-refractivity contribution in [1.82, 2.24) is 20.9 Å². The summed E-state index contributed by atoms with van der Waals surface area (Å²) in [5, 5.41) is 10.4. The number of halogens is 3. The third-order valence-electron chi connectivity index (χ3n) is 4.91. The van der Waals surface area contributed by atoms with Gasteiger partial charge in [0.25, 0.3) is 5.91 Å². The molecule has 3 N–H and O–H groups in total. The van der Waals surface area contributed by atoms with Gasteiger partial charge in [0.2, 0.25) is 0 Å². The van der Waals surface area contributed by atoms with Crippen molar-refractivity contribution in [1.29, 1.82) is 0 Å². The minimum Gasteiger partial charge on any atom is -0.356 e. The summed E-state index contributed by atoms with van der Waals surface area (Å²) >= 11 is 12.2. The maximum atomic E-state index is 12.4. The summed E-state index contributed by atoms with van der Waals surface area (Å²) in [6, 6.07) is 4.96. The van der Waals surface area contributed by atoms with E-state index in [0.29, 0.717) is 41.9 Å². The maximum Gasteiger partial charge on any atom is 0.325 e. The molecule has 162 valence electrons. The number of nitrogens with one attached hydrogen (secondary N) is 3. The zero-order valence-corrected chi connectivity index (χ0v) is 20.9. The molecule has 1 heterocycles. The number of rotatable bonds is 7. The molecular formula is C19H28Cl2IN5O2. The molecule has 0 saturated carbocycles. The van der Waals surface area contributed by atoms with Gasteiger partial charge in [0, 0.05) is 30.2 Å². The highest BCUT2D eigenvalue weighted by Gasteiger charge is 2.45. The lowest BCUT2D eigenvalue weighted by molar-refractivity contribution is -0.130. The van der Waals surface area contributed by atoms with Crippen molar-refractivity contribution in [2.24, 2.45) is 4.99 Å². The van der Waals surface area contributed by atoms with Crippen LogP contribution < -0.4 is 16.0 Å². The Morgan fingerprint density at radius 2 is 2.03 bits per heavy atom. The molecule has 2 atom stereocenters. The number of aliphatic imine (C=N–C) groups is 1. The number of hydrogen-bond acceptors (Lipinski definition) is 3. The summed E-state index contributed by atoms with van der Waals surface area (Å²) in [5.41, 5.74) is 0.113. The fourth-order valence-corrected chi connectivity index (χ4v) is 3.54. The number of amides is 3. The van der Waals surface area contributed by atoms with Gasteiger partial charge in [0.1, 0.15) is 5.54 Å². The van der Waals surface area contributed by atoms with Gasteiger partial charge in [-0.1, -0.05) is 36.2 Å². The molecule has 1 aromatic rings. The van der Waals surface area contributed by atoms with E-state index in [2.05, 4.69) is 20.9 Å². The summed E-state index contributed by atoms with van der Waals surface area (Å²) in [6.07, 6.45) is 1.17. The van der Waals surface area contributed by atoms with E-state index in [-0.39, 0.29) is 42.0 Å². The molecule has 0 bridgehead atoms. The Balaban J connectivity index is 0.00000420. The highest BCUT2D eigenvalue weighted by molar-refractivity contribution is 14.0. The van der Waals surface area contributed by atoms with Crippen LogP contribution in [0.3, 0.4) is 0 Å². The highest BCUT2D eigenvalue weighted by atomic mass is 127. The van der Waals surface area contributed by atoms with Crippen LogP contribution in [-0.4, -0.2) is 48.5 Å². The first kappa shape index (κ1) is 25.8. The van der Waals surface area contributed by atoms with E-state index in [4.69, 9.17) is 23.2 Å². The molecule has 1 aromatic carbocycles. The van der Waals surface area contributed by atoms with Crippen LogP contribution in [0.4, 0.5) is 4.79 Å². The van der Waals surface area contributed by atoms with Crippen LogP contribution >= 0.6 is 47.2 Å². The number of carbonyl (C=O) groups is 2. The Bertz CT molecular complexity index is 777. The number of urea groups is 1. The van der Waals surface area contributed by atoms with Gasteiger partial charge in [-0.25, -0.2) is 4.79 Å². The van der Waals surface area contributed by atoms with Gasteiger partial charge in [-0.2, -0.15) is 0 Å². The average Bonchev–Trinajstić information content (AvgIpc) is 2.87. The molecule has 10 heteroatoms. The van der Waals surface area contributed by atoms with Gasteiger partial charge in [0.05, 0.1) is 6.04 Å². The van der Waals surface area contributed by atoms with E-state index in [1.54, 1.807) is 26.1 Å². The summed E-state index contributed by atoms with van der Waals surface area (Å²) < 4.78 is 0. The van der Waals surface area contributed by atoms with Gasteiger partial charge in [-0.3, -0.25) is 14.7 Å². The number of guanidine groups is 1. The van der Waals surface area contributed by atoms with E-state index in [1.807, 2.05) is 19.9 Å². The summed E-state index contributed by atoms with van der Waals surface area (Å²) in [6.45, 7) is 6.51. The second kappa shape index (κ2) is 11.2. The zero-order valence-electron chi connectivity index (χ0n) is 17.0. The smallest absolute Gasteiger partial charge is 0.325 e. The monoisotopic (exact) mass is 555 g/mol. The van der Waals surface area contributed by atoms with Crippen molar-refractivity contribution in [2.75, 3.05) is 20.1 Å². The van der Waals surface area contributed by atoms with E-state index < -0.39 is 5.54 Å². The van der Waals surface area contributed by atoms with Crippen LogP contribution in [0.5, 0.6) is 0 Å². The van der Waals surface area contributed by atoms with Crippen LogP contribution in [0.25, 0.3) is 0 Å². The van der Waals surface area contributed by atoms with Crippen molar-refractivity contribution in [3.63, 3.8) is 0 Å². The van der Waals surface area contributed by atoms with Gasteiger partial charge >= 0.3 is 6.03 Å². The largest absolute Gasteiger partial charge is 0.356 e. The van der Waals surface area contributed by atoms with Crippen LogP contribution in [0.1, 0.15) is 45.2 Å². The lowest BCUT2D eigenvalue weighted by atomic mass is 9.99. The van der Waals surface area contributed by atoms with Gasteiger partial charge < -0.3 is 16.0 Å². The minimum atomic E-state index is -0.796. The predicted octanol–water partition coefficient (Wildman–Crippen LogP) is 3.95. The average molecular weight is 556 g/mol. The fraction of sp³-hybridized carbons (Fsp3) is 0.526. The Hall–Kier alpha value is -1.26.